The Hall–Kier alpha value is -2.01. The van der Waals surface area contributed by atoms with Gasteiger partial charge in [0.15, 0.2) is 5.78 Å². The minimum atomic E-state index is -4.09. The number of ether oxygens (including phenoxy) is 1. The second-order valence-electron chi connectivity index (χ2n) is 4.62. The van der Waals surface area contributed by atoms with Crippen LogP contribution in [0.5, 0.6) is 5.75 Å². The Balaban J connectivity index is 2.16. The number of alkyl halides is 4. The molecule has 0 radical (unpaired) electrons. The van der Waals surface area contributed by atoms with Gasteiger partial charge in [-0.2, -0.15) is 8.78 Å². The number of hydrogen-bond acceptors (Lipinski definition) is 2. The molecule has 1 atom stereocenters. The van der Waals surface area contributed by atoms with E-state index in [1.165, 1.54) is 19.1 Å². The van der Waals surface area contributed by atoms with Crippen molar-refractivity contribution in [1.29, 1.82) is 0 Å². The molecule has 0 aromatic heterocycles. The molecule has 116 valence electrons. The zero-order valence-corrected chi connectivity index (χ0v) is 12.3. The van der Waals surface area contributed by atoms with E-state index in [4.69, 9.17) is 11.6 Å². The Morgan fingerprint density at radius 1 is 1.05 bits per heavy atom. The van der Waals surface area contributed by atoms with E-state index in [1.54, 1.807) is 36.4 Å². The van der Waals surface area contributed by atoms with E-state index < -0.39 is 11.7 Å². The first-order chi connectivity index (χ1) is 10.3. The Bertz CT molecular complexity index is 652. The Morgan fingerprint density at radius 3 is 1.91 bits per heavy atom. The van der Waals surface area contributed by atoms with Gasteiger partial charge in [-0.05, 0) is 30.2 Å². The van der Waals surface area contributed by atoms with Crippen LogP contribution in [0, 0.1) is 0 Å². The maximum atomic E-state index is 13.0. The first kappa shape index (κ1) is 16.4. The predicted octanol–water partition coefficient (Wildman–Crippen LogP) is 5.06. The third-order valence-electron chi connectivity index (χ3n) is 2.99. The lowest BCUT2D eigenvalue weighted by Crippen LogP contribution is -2.32. The third kappa shape index (κ3) is 3.80. The molecule has 0 fully saturated rings. The van der Waals surface area contributed by atoms with Crippen molar-refractivity contribution in [2.75, 3.05) is 0 Å². The quantitative estimate of drug-likeness (QED) is 0.566. The molecule has 1 unspecified atom stereocenters. The molecule has 0 saturated carbocycles. The summed E-state index contributed by atoms with van der Waals surface area (Å²) in [6.45, 7) is 1.47. The van der Waals surface area contributed by atoms with E-state index in [9.17, 15) is 18.0 Å². The molecule has 2 rings (SSSR count). The molecule has 0 bridgehead atoms. The Kier molecular flexibility index (Phi) is 4.76. The van der Waals surface area contributed by atoms with Gasteiger partial charge in [-0.3, -0.25) is 4.79 Å². The lowest BCUT2D eigenvalue weighted by Gasteiger charge is -2.17. The third-order valence-corrected chi connectivity index (χ3v) is 3.24. The van der Waals surface area contributed by atoms with E-state index in [1.807, 2.05) is 0 Å². The molecule has 0 amide bonds. The smallest absolute Gasteiger partial charge is 0.429 e. The van der Waals surface area contributed by atoms with Crippen molar-refractivity contribution in [3.8, 4) is 16.9 Å². The number of hydrogen-bond donors (Lipinski definition) is 0. The maximum Gasteiger partial charge on any atom is 0.444 e. The SMILES string of the molecule is CC(=O)c1ccc(-c2ccc(OC(F)(F)C(F)Cl)cc2)cc1. The van der Waals surface area contributed by atoms with Crippen molar-refractivity contribution < 1.29 is 22.7 Å². The molecule has 0 aliphatic heterocycles. The highest BCUT2D eigenvalue weighted by Gasteiger charge is 2.42. The lowest BCUT2D eigenvalue weighted by molar-refractivity contribution is -0.199. The molecule has 2 aromatic rings. The average molecular weight is 329 g/mol. The number of rotatable bonds is 5. The molecular weight excluding hydrogens is 317 g/mol. The number of halogens is 4. The van der Waals surface area contributed by atoms with Crippen LogP contribution in [0.15, 0.2) is 48.5 Å². The summed E-state index contributed by atoms with van der Waals surface area (Å²) in [6.07, 6.45) is -4.09. The van der Waals surface area contributed by atoms with Gasteiger partial charge in [0.25, 0.3) is 5.63 Å². The summed E-state index contributed by atoms with van der Waals surface area (Å²) in [5, 5.41) is 0. The van der Waals surface area contributed by atoms with Crippen molar-refractivity contribution in [2.24, 2.45) is 0 Å². The second kappa shape index (κ2) is 6.40. The molecule has 0 N–H and O–H groups in total. The summed E-state index contributed by atoms with van der Waals surface area (Å²) in [4.78, 5) is 11.2. The van der Waals surface area contributed by atoms with Crippen LogP contribution in [0.3, 0.4) is 0 Å². The van der Waals surface area contributed by atoms with Gasteiger partial charge in [-0.1, -0.05) is 48.0 Å². The van der Waals surface area contributed by atoms with Crippen molar-refractivity contribution >= 4 is 17.4 Å². The lowest BCUT2D eigenvalue weighted by atomic mass is 10.0. The summed E-state index contributed by atoms with van der Waals surface area (Å²) in [6, 6.07) is 12.5. The molecule has 2 nitrogen and oxygen atoms in total. The van der Waals surface area contributed by atoms with E-state index in [-0.39, 0.29) is 11.5 Å². The summed E-state index contributed by atoms with van der Waals surface area (Å²) < 4.78 is 42.7. The van der Waals surface area contributed by atoms with Crippen LogP contribution < -0.4 is 4.74 Å². The molecule has 0 spiro atoms. The number of carbonyl (C=O) groups is 1. The Labute approximate surface area is 130 Å². The van der Waals surface area contributed by atoms with Crippen LogP contribution in [0.1, 0.15) is 17.3 Å². The largest absolute Gasteiger partial charge is 0.444 e. The van der Waals surface area contributed by atoms with Crippen LogP contribution in [-0.2, 0) is 0 Å². The summed E-state index contributed by atoms with van der Waals surface area (Å²) in [7, 11) is 0. The normalized spacial score (nSPS) is 12.8. The summed E-state index contributed by atoms with van der Waals surface area (Å²) in [5.74, 6) is -0.239. The first-order valence-electron chi connectivity index (χ1n) is 6.36. The van der Waals surface area contributed by atoms with E-state index >= 15 is 0 Å². The second-order valence-corrected chi connectivity index (χ2v) is 5.01. The minimum absolute atomic E-state index is 0.0422. The van der Waals surface area contributed by atoms with Crippen LogP contribution in [0.25, 0.3) is 11.1 Å². The van der Waals surface area contributed by atoms with E-state index in [2.05, 4.69) is 4.74 Å². The van der Waals surface area contributed by atoms with E-state index in [0.717, 1.165) is 11.1 Å². The van der Waals surface area contributed by atoms with Gasteiger partial charge >= 0.3 is 6.11 Å². The molecular formula is C16H12ClF3O2. The standard InChI is InChI=1S/C16H12ClF3O2/c1-10(21)11-2-4-12(5-3-11)13-6-8-14(9-7-13)22-16(19,20)15(17)18/h2-9,15H,1H3. The maximum absolute atomic E-state index is 13.0. The first-order valence-corrected chi connectivity index (χ1v) is 6.79. The van der Waals surface area contributed by atoms with Crippen LogP contribution in [0.4, 0.5) is 13.2 Å². The average Bonchev–Trinajstić information content (AvgIpc) is 2.47. The number of carbonyl (C=O) groups excluding carboxylic acids is 1. The van der Waals surface area contributed by atoms with Crippen molar-refractivity contribution in [3.63, 3.8) is 0 Å². The van der Waals surface area contributed by atoms with Crippen molar-refractivity contribution in [1.82, 2.24) is 0 Å². The van der Waals surface area contributed by atoms with Crippen LogP contribution in [0.2, 0.25) is 0 Å². The van der Waals surface area contributed by atoms with Gasteiger partial charge in [0.1, 0.15) is 5.75 Å². The molecule has 0 aliphatic carbocycles. The molecule has 2 aromatic carbocycles. The highest BCUT2D eigenvalue weighted by atomic mass is 35.5. The highest BCUT2D eigenvalue weighted by molar-refractivity contribution is 6.20. The highest BCUT2D eigenvalue weighted by Crippen LogP contribution is 2.30. The van der Waals surface area contributed by atoms with Crippen LogP contribution in [-0.4, -0.2) is 17.5 Å². The van der Waals surface area contributed by atoms with E-state index in [0.29, 0.717) is 5.56 Å². The number of ketones is 1. The fraction of sp³-hybridized carbons (Fsp3) is 0.188. The monoisotopic (exact) mass is 328 g/mol. The zero-order valence-electron chi connectivity index (χ0n) is 11.5. The van der Waals surface area contributed by atoms with Gasteiger partial charge < -0.3 is 4.74 Å². The molecule has 0 aliphatic rings. The minimum Gasteiger partial charge on any atom is -0.429 e. The molecule has 6 heteroatoms. The fourth-order valence-electron chi connectivity index (χ4n) is 1.81. The zero-order chi connectivity index (χ0) is 16.3. The number of Topliss-reactive ketones (excluding diaryl/α,β-unsaturated/α-hetero) is 1. The number of benzene rings is 2. The van der Waals surface area contributed by atoms with Gasteiger partial charge in [-0.25, -0.2) is 4.39 Å². The molecule has 22 heavy (non-hydrogen) atoms. The van der Waals surface area contributed by atoms with Crippen molar-refractivity contribution in [2.45, 2.75) is 18.7 Å². The Morgan fingerprint density at radius 2 is 1.50 bits per heavy atom. The van der Waals surface area contributed by atoms with Crippen molar-refractivity contribution in [3.05, 3.63) is 54.1 Å². The summed E-state index contributed by atoms with van der Waals surface area (Å²) in [5.41, 5.74) is -0.789. The molecule has 0 heterocycles. The van der Waals surface area contributed by atoms with Gasteiger partial charge in [0.2, 0.25) is 0 Å². The van der Waals surface area contributed by atoms with Gasteiger partial charge in [-0.15, -0.1) is 0 Å². The van der Waals surface area contributed by atoms with Gasteiger partial charge in [0.05, 0.1) is 0 Å². The summed E-state index contributed by atoms with van der Waals surface area (Å²) >= 11 is 4.72. The predicted molar refractivity (Wildman–Crippen MR) is 78.2 cm³/mol. The fourth-order valence-corrected chi connectivity index (χ4v) is 1.86. The topological polar surface area (TPSA) is 26.3 Å². The molecule has 0 saturated heterocycles. The van der Waals surface area contributed by atoms with Crippen LogP contribution >= 0.6 is 11.6 Å². The van der Waals surface area contributed by atoms with Gasteiger partial charge in [0, 0.05) is 5.56 Å².